The zero-order chi connectivity index (χ0) is 17.8. The molecular formula is C19H26N4O2. The topological polar surface area (TPSA) is 70.4 Å². The maximum atomic E-state index is 12.5. The van der Waals surface area contributed by atoms with Gasteiger partial charge >= 0.3 is 0 Å². The summed E-state index contributed by atoms with van der Waals surface area (Å²) < 4.78 is 1.70. The number of carbonyl (C=O) groups is 1. The van der Waals surface area contributed by atoms with E-state index in [1.54, 1.807) is 10.7 Å². The number of nitrogens with one attached hydrogen (secondary N) is 1. The molecule has 2 atom stereocenters. The molecule has 2 N–H and O–H groups in total. The summed E-state index contributed by atoms with van der Waals surface area (Å²) in [5.41, 5.74) is 2.63. The lowest BCUT2D eigenvalue weighted by Gasteiger charge is -2.38. The third kappa shape index (κ3) is 4.27. The molecule has 1 aliphatic heterocycles. The van der Waals surface area contributed by atoms with Gasteiger partial charge in [0.25, 0.3) is 5.91 Å². The van der Waals surface area contributed by atoms with E-state index in [-0.39, 0.29) is 24.5 Å². The number of aryl methyl sites for hydroxylation is 2. The molecule has 1 aromatic heterocycles. The van der Waals surface area contributed by atoms with Gasteiger partial charge in [-0.25, -0.2) is 0 Å². The minimum Gasteiger partial charge on any atom is -0.396 e. The molecule has 1 saturated heterocycles. The fourth-order valence-electron chi connectivity index (χ4n) is 3.35. The van der Waals surface area contributed by atoms with Crippen molar-refractivity contribution >= 4 is 5.91 Å². The molecule has 0 saturated carbocycles. The van der Waals surface area contributed by atoms with E-state index in [0.717, 1.165) is 31.7 Å². The van der Waals surface area contributed by atoms with Crippen molar-refractivity contribution in [2.24, 2.45) is 13.0 Å². The van der Waals surface area contributed by atoms with Gasteiger partial charge in [0.1, 0.15) is 5.69 Å². The van der Waals surface area contributed by atoms with Crippen molar-refractivity contribution in [3.05, 3.63) is 53.3 Å². The van der Waals surface area contributed by atoms with Gasteiger partial charge < -0.3 is 10.4 Å². The molecule has 0 spiro atoms. The van der Waals surface area contributed by atoms with E-state index in [9.17, 15) is 9.90 Å². The Balaban J connectivity index is 1.65. The molecule has 3 rings (SSSR count). The number of aromatic nitrogens is 2. The molecule has 25 heavy (non-hydrogen) atoms. The van der Waals surface area contributed by atoms with E-state index in [0.29, 0.717) is 5.69 Å². The summed E-state index contributed by atoms with van der Waals surface area (Å²) in [5, 5.41) is 17.0. The highest BCUT2D eigenvalue weighted by molar-refractivity contribution is 5.92. The van der Waals surface area contributed by atoms with E-state index in [1.807, 2.05) is 32.2 Å². The van der Waals surface area contributed by atoms with Gasteiger partial charge in [0.2, 0.25) is 0 Å². The van der Waals surface area contributed by atoms with Crippen molar-refractivity contribution in [3.63, 3.8) is 0 Å². The maximum absolute atomic E-state index is 12.5. The van der Waals surface area contributed by atoms with Crippen LogP contribution in [-0.4, -0.2) is 51.4 Å². The number of carbonyl (C=O) groups excluding carboxylic acids is 1. The average molecular weight is 342 g/mol. The highest BCUT2D eigenvalue weighted by Crippen LogP contribution is 2.20. The Morgan fingerprint density at radius 2 is 2.12 bits per heavy atom. The summed E-state index contributed by atoms with van der Waals surface area (Å²) >= 11 is 0. The number of nitrogens with zero attached hydrogens (tertiary/aromatic N) is 3. The summed E-state index contributed by atoms with van der Waals surface area (Å²) in [6.45, 7) is 4.52. The van der Waals surface area contributed by atoms with Crippen LogP contribution in [0.15, 0.2) is 36.4 Å². The minimum atomic E-state index is -0.172. The molecule has 2 unspecified atom stereocenters. The maximum Gasteiger partial charge on any atom is 0.272 e. The van der Waals surface area contributed by atoms with Crippen LogP contribution in [0.4, 0.5) is 0 Å². The highest BCUT2D eigenvalue weighted by atomic mass is 16.3. The number of aliphatic hydroxyl groups is 1. The fourth-order valence-corrected chi connectivity index (χ4v) is 3.35. The van der Waals surface area contributed by atoms with Crippen molar-refractivity contribution < 1.29 is 9.90 Å². The van der Waals surface area contributed by atoms with Crippen molar-refractivity contribution in [1.82, 2.24) is 20.0 Å². The van der Waals surface area contributed by atoms with Crippen LogP contribution in [0.5, 0.6) is 0 Å². The van der Waals surface area contributed by atoms with Crippen LogP contribution < -0.4 is 5.32 Å². The van der Waals surface area contributed by atoms with Crippen LogP contribution in [0, 0.1) is 12.8 Å². The molecular weight excluding hydrogens is 316 g/mol. The Bertz CT molecular complexity index is 694. The predicted molar refractivity (Wildman–Crippen MR) is 96.1 cm³/mol. The Labute approximate surface area is 148 Å². The lowest BCUT2D eigenvalue weighted by molar-refractivity contribution is 0.0726. The molecule has 6 nitrogen and oxygen atoms in total. The van der Waals surface area contributed by atoms with Crippen LogP contribution in [0.3, 0.4) is 0 Å². The van der Waals surface area contributed by atoms with Crippen LogP contribution in [0.2, 0.25) is 0 Å². The zero-order valence-corrected chi connectivity index (χ0v) is 14.9. The van der Waals surface area contributed by atoms with E-state index in [4.69, 9.17) is 0 Å². The van der Waals surface area contributed by atoms with Crippen LogP contribution in [-0.2, 0) is 13.6 Å². The SMILES string of the molecule is Cc1cc(C(=O)NC2CN(Cc3ccccc3)CCC2CO)nn1C. The van der Waals surface area contributed by atoms with E-state index < -0.39 is 0 Å². The molecule has 2 aromatic rings. The summed E-state index contributed by atoms with van der Waals surface area (Å²) in [5.74, 6) is -0.0884. The van der Waals surface area contributed by atoms with Crippen LogP contribution in [0.25, 0.3) is 0 Å². The summed E-state index contributed by atoms with van der Waals surface area (Å²) in [6.07, 6.45) is 0.871. The smallest absolute Gasteiger partial charge is 0.272 e. The third-order valence-corrected chi connectivity index (χ3v) is 4.99. The second kappa shape index (κ2) is 7.80. The van der Waals surface area contributed by atoms with Gasteiger partial charge in [-0.05, 0) is 31.5 Å². The molecule has 1 fully saturated rings. The van der Waals surface area contributed by atoms with Gasteiger partial charge in [0.15, 0.2) is 0 Å². The average Bonchev–Trinajstić information content (AvgIpc) is 2.95. The van der Waals surface area contributed by atoms with Gasteiger partial charge in [-0.1, -0.05) is 30.3 Å². The summed E-state index contributed by atoms with van der Waals surface area (Å²) in [4.78, 5) is 14.8. The largest absolute Gasteiger partial charge is 0.396 e. The Kier molecular flexibility index (Phi) is 5.50. The quantitative estimate of drug-likeness (QED) is 0.860. The zero-order valence-electron chi connectivity index (χ0n) is 14.9. The third-order valence-electron chi connectivity index (χ3n) is 4.99. The second-order valence-electron chi connectivity index (χ2n) is 6.83. The molecule has 2 heterocycles. The van der Waals surface area contributed by atoms with Gasteiger partial charge in [-0.2, -0.15) is 5.10 Å². The normalized spacial score (nSPS) is 21.2. The molecule has 6 heteroatoms. The Morgan fingerprint density at radius 1 is 1.36 bits per heavy atom. The van der Waals surface area contributed by atoms with Gasteiger partial charge in [-0.15, -0.1) is 0 Å². The summed E-state index contributed by atoms with van der Waals surface area (Å²) in [6, 6.07) is 12.0. The Hall–Kier alpha value is -2.18. The molecule has 1 amide bonds. The van der Waals surface area contributed by atoms with Crippen molar-refractivity contribution in [3.8, 4) is 0 Å². The first-order valence-electron chi connectivity index (χ1n) is 8.75. The number of piperidine rings is 1. The van der Waals surface area contributed by atoms with Gasteiger partial charge in [0, 0.05) is 44.4 Å². The molecule has 134 valence electrons. The van der Waals surface area contributed by atoms with E-state index in [2.05, 4.69) is 27.4 Å². The van der Waals surface area contributed by atoms with Crippen molar-refractivity contribution in [2.45, 2.75) is 25.9 Å². The fraction of sp³-hybridized carbons (Fsp3) is 0.474. The van der Waals surface area contributed by atoms with Crippen LogP contribution >= 0.6 is 0 Å². The summed E-state index contributed by atoms with van der Waals surface area (Å²) in [7, 11) is 1.82. The molecule has 1 aliphatic rings. The molecule has 0 aliphatic carbocycles. The first kappa shape index (κ1) is 17.6. The number of likely N-dealkylation sites (tertiary alicyclic amines) is 1. The number of aliphatic hydroxyl groups excluding tert-OH is 1. The van der Waals surface area contributed by atoms with E-state index >= 15 is 0 Å². The predicted octanol–water partition coefficient (Wildman–Crippen LogP) is 1.34. The van der Waals surface area contributed by atoms with Crippen LogP contribution in [0.1, 0.15) is 28.2 Å². The number of hydrogen-bond donors (Lipinski definition) is 2. The second-order valence-corrected chi connectivity index (χ2v) is 6.83. The van der Waals surface area contributed by atoms with E-state index in [1.165, 1.54) is 5.56 Å². The number of amides is 1. The van der Waals surface area contributed by atoms with Crippen molar-refractivity contribution in [2.75, 3.05) is 19.7 Å². The first-order valence-corrected chi connectivity index (χ1v) is 8.75. The first-order chi connectivity index (χ1) is 12.1. The number of hydrogen-bond acceptors (Lipinski definition) is 4. The molecule has 0 bridgehead atoms. The monoisotopic (exact) mass is 342 g/mol. The number of benzene rings is 1. The molecule has 0 radical (unpaired) electrons. The Morgan fingerprint density at radius 3 is 2.76 bits per heavy atom. The minimum absolute atomic E-state index is 0.0720. The van der Waals surface area contributed by atoms with Crippen molar-refractivity contribution in [1.29, 1.82) is 0 Å². The highest BCUT2D eigenvalue weighted by Gasteiger charge is 2.30. The standard InChI is InChI=1S/C19H26N4O2/c1-14-10-17(21-22(14)2)19(25)20-18-12-23(9-8-16(18)13-24)11-15-6-4-3-5-7-15/h3-7,10,16,18,24H,8-9,11-13H2,1-2H3,(H,20,25). The van der Waals surface area contributed by atoms with Gasteiger partial charge in [-0.3, -0.25) is 14.4 Å². The molecule has 1 aromatic carbocycles. The number of rotatable bonds is 5. The van der Waals surface area contributed by atoms with Gasteiger partial charge in [0.05, 0.1) is 0 Å². The lowest BCUT2D eigenvalue weighted by Crippen LogP contribution is -2.53. The lowest BCUT2D eigenvalue weighted by atomic mass is 9.91.